The normalized spacial score (nSPS) is 11.2. The van der Waals surface area contributed by atoms with Gasteiger partial charge >= 0.3 is 5.97 Å². The lowest BCUT2D eigenvalue weighted by Crippen LogP contribution is -1.94. The molecular weight excluding hydrogens is 350 g/mol. The van der Waals surface area contributed by atoms with Crippen LogP contribution in [0.3, 0.4) is 0 Å². The van der Waals surface area contributed by atoms with E-state index in [9.17, 15) is 4.79 Å². The number of carboxylic acids is 1. The Kier molecular flexibility index (Phi) is 3.85. The standard InChI is InChI=1S/C21H16ClNO3/c1-11-3-4-12(2)19-17(11)18(22)20(26-19)16-10-9-15(23-16)13-5-7-14(8-6-13)21(24)25/h3-10,23H,1-2H3,(H,24,25). The Morgan fingerprint density at radius 1 is 0.962 bits per heavy atom. The molecule has 0 aliphatic carbocycles. The molecular formula is C21H16ClNO3. The summed E-state index contributed by atoms with van der Waals surface area (Å²) in [6.07, 6.45) is 0. The van der Waals surface area contributed by atoms with Crippen LogP contribution in [0, 0.1) is 13.8 Å². The number of H-pyrrole nitrogens is 1. The summed E-state index contributed by atoms with van der Waals surface area (Å²) in [7, 11) is 0. The van der Waals surface area contributed by atoms with Gasteiger partial charge in [0.15, 0.2) is 5.76 Å². The highest BCUT2D eigenvalue weighted by Gasteiger charge is 2.18. The van der Waals surface area contributed by atoms with Crippen molar-refractivity contribution in [3.63, 3.8) is 0 Å². The largest absolute Gasteiger partial charge is 0.478 e. The molecule has 0 atom stereocenters. The highest BCUT2D eigenvalue weighted by Crippen LogP contribution is 2.40. The molecule has 0 aliphatic rings. The first-order chi connectivity index (χ1) is 12.5. The highest BCUT2D eigenvalue weighted by molar-refractivity contribution is 6.38. The van der Waals surface area contributed by atoms with Gasteiger partial charge in [-0.2, -0.15) is 0 Å². The molecule has 0 fully saturated rings. The first-order valence-electron chi connectivity index (χ1n) is 8.17. The van der Waals surface area contributed by atoms with Crippen molar-refractivity contribution < 1.29 is 14.3 Å². The molecule has 0 saturated heterocycles. The lowest BCUT2D eigenvalue weighted by molar-refractivity contribution is 0.0697. The van der Waals surface area contributed by atoms with Crippen molar-refractivity contribution in [3.05, 3.63) is 70.2 Å². The summed E-state index contributed by atoms with van der Waals surface area (Å²) in [6.45, 7) is 4.01. The van der Waals surface area contributed by atoms with Gasteiger partial charge in [0, 0.05) is 11.1 Å². The zero-order valence-corrected chi connectivity index (χ0v) is 15.0. The maximum atomic E-state index is 11.0. The van der Waals surface area contributed by atoms with Crippen LogP contribution in [-0.2, 0) is 0 Å². The number of hydrogen-bond donors (Lipinski definition) is 2. The Labute approximate surface area is 155 Å². The van der Waals surface area contributed by atoms with E-state index in [1.54, 1.807) is 24.3 Å². The van der Waals surface area contributed by atoms with Gasteiger partial charge in [0.2, 0.25) is 0 Å². The van der Waals surface area contributed by atoms with E-state index in [0.29, 0.717) is 10.8 Å². The number of aryl methyl sites for hydroxylation is 2. The second kappa shape index (κ2) is 6.07. The first kappa shape index (κ1) is 16.5. The summed E-state index contributed by atoms with van der Waals surface area (Å²) in [4.78, 5) is 14.3. The minimum absolute atomic E-state index is 0.256. The average Bonchev–Trinajstić information content (AvgIpc) is 3.24. The third-order valence-corrected chi connectivity index (χ3v) is 4.92. The van der Waals surface area contributed by atoms with Gasteiger partial charge in [-0.15, -0.1) is 0 Å². The number of halogens is 1. The fourth-order valence-corrected chi connectivity index (χ4v) is 3.49. The fourth-order valence-electron chi connectivity index (χ4n) is 3.11. The van der Waals surface area contributed by atoms with Crippen molar-refractivity contribution in [1.82, 2.24) is 4.98 Å². The molecule has 0 unspecified atom stereocenters. The predicted octanol–water partition coefficient (Wildman–Crippen LogP) is 6.06. The summed E-state index contributed by atoms with van der Waals surface area (Å²) in [6, 6.07) is 14.6. The Balaban J connectivity index is 1.78. The van der Waals surface area contributed by atoms with Gasteiger partial charge in [-0.3, -0.25) is 0 Å². The van der Waals surface area contributed by atoms with Crippen LogP contribution in [0.15, 0.2) is 52.9 Å². The smallest absolute Gasteiger partial charge is 0.335 e. The van der Waals surface area contributed by atoms with Crippen molar-refractivity contribution in [2.24, 2.45) is 0 Å². The van der Waals surface area contributed by atoms with Gasteiger partial charge in [0.25, 0.3) is 0 Å². The van der Waals surface area contributed by atoms with E-state index >= 15 is 0 Å². The summed E-state index contributed by atoms with van der Waals surface area (Å²) in [5.74, 6) is -0.337. The van der Waals surface area contributed by atoms with Crippen LogP contribution < -0.4 is 0 Å². The van der Waals surface area contributed by atoms with Gasteiger partial charge < -0.3 is 14.5 Å². The molecule has 2 aromatic heterocycles. The fraction of sp³-hybridized carbons (Fsp3) is 0.0952. The molecule has 5 heteroatoms. The Hall–Kier alpha value is -2.98. The number of aromatic carboxylic acids is 1. The van der Waals surface area contributed by atoms with Crippen LogP contribution in [0.1, 0.15) is 21.5 Å². The molecule has 2 N–H and O–H groups in total. The van der Waals surface area contributed by atoms with E-state index in [1.165, 1.54) is 0 Å². The molecule has 0 radical (unpaired) electrons. The zero-order valence-electron chi connectivity index (χ0n) is 14.3. The van der Waals surface area contributed by atoms with E-state index in [1.807, 2.05) is 38.1 Å². The summed E-state index contributed by atoms with van der Waals surface area (Å²) in [5, 5.41) is 10.5. The predicted molar refractivity (Wildman–Crippen MR) is 103 cm³/mol. The van der Waals surface area contributed by atoms with Crippen LogP contribution >= 0.6 is 11.6 Å². The minimum Gasteiger partial charge on any atom is -0.478 e. The number of carboxylic acid groups (broad SMARTS) is 1. The van der Waals surface area contributed by atoms with Crippen molar-refractivity contribution in [2.75, 3.05) is 0 Å². The van der Waals surface area contributed by atoms with Crippen LogP contribution in [0.4, 0.5) is 0 Å². The Morgan fingerprint density at radius 2 is 1.62 bits per heavy atom. The van der Waals surface area contributed by atoms with Gasteiger partial charge in [-0.05, 0) is 54.8 Å². The summed E-state index contributed by atoms with van der Waals surface area (Å²) < 4.78 is 6.06. The number of benzene rings is 2. The molecule has 4 nitrogen and oxygen atoms in total. The molecule has 26 heavy (non-hydrogen) atoms. The average molecular weight is 366 g/mol. The number of aromatic amines is 1. The lowest BCUT2D eigenvalue weighted by atomic mass is 10.1. The molecule has 0 spiro atoms. The van der Waals surface area contributed by atoms with E-state index in [2.05, 4.69) is 4.98 Å². The third-order valence-electron chi connectivity index (χ3n) is 4.56. The van der Waals surface area contributed by atoms with Gasteiger partial charge in [-0.1, -0.05) is 35.9 Å². The molecule has 2 aromatic carbocycles. The number of hydrogen-bond acceptors (Lipinski definition) is 2. The Morgan fingerprint density at radius 3 is 2.27 bits per heavy atom. The molecule has 2 heterocycles. The maximum Gasteiger partial charge on any atom is 0.335 e. The number of aromatic nitrogens is 1. The van der Waals surface area contributed by atoms with Crippen LogP contribution in [0.2, 0.25) is 5.02 Å². The number of fused-ring (bicyclic) bond motifs is 1. The monoisotopic (exact) mass is 365 g/mol. The molecule has 0 aliphatic heterocycles. The number of carbonyl (C=O) groups is 1. The van der Waals surface area contributed by atoms with E-state index in [-0.39, 0.29) is 5.56 Å². The molecule has 0 amide bonds. The SMILES string of the molecule is Cc1ccc(C)c2c(Cl)c(-c3ccc(-c4ccc(C(=O)O)cc4)[nH]3)oc12. The third kappa shape index (κ3) is 2.59. The molecule has 4 rings (SSSR count). The van der Waals surface area contributed by atoms with Gasteiger partial charge in [0.05, 0.1) is 16.3 Å². The Bertz CT molecular complexity index is 1140. The number of furan rings is 1. The van der Waals surface area contributed by atoms with Crippen LogP contribution in [0.5, 0.6) is 0 Å². The molecule has 130 valence electrons. The second-order valence-corrected chi connectivity index (χ2v) is 6.69. The first-order valence-corrected chi connectivity index (χ1v) is 8.55. The quantitative estimate of drug-likeness (QED) is 0.463. The number of nitrogens with one attached hydrogen (secondary N) is 1. The van der Waals surface area contributed by atoms with Crippen LogP contribution in [0.25, 0.3) is 33.7 Å². The topological polar surface area (TPSA) is 66.2 Å². The van der Waals surface area contributed by atoms with Gasteiger partial charge in [-0.25, -0.2) is 4.79 Å². The van der Waals surface area contributed by atoms with E-state index in [0.717, 1.165) is 39.0 Å². The van der Waals surface area contributed by atoms with Crippen molar-refractivity contribution in [3.8, 4) is 22.7 Å². The number of rotatable bonds is 3. The highest BCUT2D eigenvalue weighted by atomic mass is 35.5. The summed E-state index contributed by atoms with van der Waals surface area (Å²) in [5.41, 5.74) is 5.69. The summed E-state index contributed by atoms with van der Waals surface area (Å²) >= 11 is 6.60. The van der Waals surface area contributed by atoms with Crippen molar-refractivity contribution in [2.45, 2.75) is 13.8 Å². The van der Waals surface area contributed by atoms with E-state index < -0.39 is 5.97 Å². The molecule has 4 aromatic rings. The van der Waals surface area contributed by atoms with Gasteiger partial charge in [0.1, 0.15) is 5.58 Å². The maximum absolute atomic E-state index is 11.0. The molecule has 0 saturated carbocycles. The second-order valence-electron chi connectivity index (χ2n) is 6.32. The van der Waals surface area contributed by atoms with Crippen molar-refractivity contribution >= 4 is 28.5 Å². The minimum atomic E-state index is -0.941. The van der Waals surface area contributed by atoms with Crippen LogP contribution in [-0.4, -0.2) is 16.1 Å². The lowest BCUT2D eigenvalue weighted by Gasteiger charge is -2.00. The zero-order chi connectivity index (χ0) is 18.4. The molecule has 0 bridgehead atoms. The van der Waals surface area contributed by atoms with E-state index in [4.69, 9.17) is 21.1 Å². The van der Waals surface area contributed by atoms with Crippen molar-refractivity contribution in [1.29, 1.82) is 0 Å².